The van der Waals surface area contributed by atoms with Crippen molar-refractivity contribution in [1.82, 2.24) is 0 Å². The van der Waals surface area contributed by atoms with Crippen LogP contribution in [0.1, 0.15) is 44.9 Å². The summed E-state index contributed by atoms with van der Waals surface area (Å²) in [4.78, 5) is 0. The Morgan fingerprint density at radius 1 is 0.700 bits per heavy atom. The van der Waals surface area contributed by atoms with Crippen LogP contribution in [0.2, 0.25) is 0 Å². The molecule has 0 spiro atoms. The Balaban J connectivity index is 2.30. The van der Waals surface area contributed by atoms with Gasteiger partial charge in [-0.05, 0) is 12.8 Å². The van der Waals surface area contributed by atoms with Crippen molar-refractivity contribution in [2.75, 3.05) is 0 Å². The van der Waals surface area contributed by atoms with Crippen LogP contribution in [0, 0.1) is 0 Å². The lowest BCUT2D eigenvalue weighted by atomic mass is 10.0. The van der Waals surface area contributed by atoms with E-state index in [1.54, 1.807) is 0 Å². The summed E-state index contributed by atoms with van der Waals surface area (Å²) >= 11 is 12.0. The zero-order valence-electron chi connectivity index (χ0n) is 6.21. The summed E-state index contributed by atoms with van der Waals surface area (Å²) in [6.07, 6.45) is 8.35. The predicted molar refractivity (Wildman–Crippen MR) is 46.8 cm³/mol. The summed E-state index contributed by atoms with van der Waals surface area (Å²) in [6.45, 7) is 0. The normalized spacial score (nSPS) is 27.0. The molecule has 0 bridgehead atoms. The third-order valence-corrected chi connectivity index (χ3v) is 2.84. The van der Waals surface area contributed by atoms with Gasteiger partial charge in [0.2, 0.25) is 0 Å². The number of rotatable bonds is 0. The minimum Gasteiger partial charge on any atom is -0.102 e. The van der Waals surface area contributed by atoms with E-state index in [0.717, 1.165) is 12.8 Å². The molecule has 0 aromatic heterocycles. The number of hydrogen-bond acceptors (Lipinski definition) is 0. The van der Waals surface area contributed by atoms with Crippen LogP contribution in [0.15, 0.2) is 0 Å². The van der Waals surface area contributed by atoms with Gasteiger partial charge in [0.25, 0.3) is 0 Å². The van der Waals surface area contributed by atoms with Crippen LogP contribution in [0.3, 0.4) is 0 Å². The zero-order valence-corrected chi connectivity index (χ0v) is 7.72. The van der Waals surface area contributed by atoms with Crippen molar-refractivity contribution in [1.29, 1.82) is 0 Å². The standard InChI is InChI=1S/C8H14Cl2/c9-8(10)6-4-2-1-3-5-7-8/h1-7H2. The lowest BCUT2D eigenvalue weighted by Crippen LogP contribution is -2.13. The quantitative estimate of drug-likeness (QED) is 0.497. The molecule has 0 atom stereocenters. The third-order valence-electron chi connectivity index (χ3n) is 2.09. The fourth-order valence-electron chi connectivity index (χ4n) is 1.42. The van der Waals surface area contributed by atoms with Gasteiger partial charge in [-0.2, -0.15) is 0 Å². The molecule has 0 aromatic rings. The van der Waals surface area contributed by atoms with Crippen molar-refractivity contribution in [2.45, 2.75) is 49.3 Å². The summed E-state index contributed by atoms with van der Waals surface area (Å²) in [5.41, 5.74) is 0. The molecule has 0 nitrogen and oxygen atoms in total. The number of alkyl halides is 2. The van der Waals surface area contributed by atoms with Crippen LogP contribution in [-0.4, -0.2) is 4.33 Å². The van der Waals surface area contributed by atoms with Gasteiger partial charge < -0.3 is 0 Å². The van der Waals surface area contributed by atoms with E-state index in [1.807, 2.05) is 0 Å². The zero-order chi connectivity index (χ0) is 7.45. The van der Waals surface area contributed by atoms with E-state index in [0.29, 0.717) is 0 Å². The second-order valence-electron chi connectivity index (χ2n) is 3.12. The molecule has 1 aliphatic carbocycles. The molecule has 1 fully saturated rings. The maximum atomic E-state index is 6.01. The van der Waals surface area contributed by atoms with Crippen molar-refractivity contribution < 1.29 is 0 Å². The molecule has 0 aromatic carbocycles. The first-order valence-electron chi connectivity index (χ1n) is 4.09. The Labute approximate surface area is 72.9 Å². The Morgan fingerprint density at radius 3 is 1.60 bits per heavy atom. The largest absolute Gasteiger partial charge is 0.118 e. The molecule has 0 aliphatic heterocycles. The van der Waals surface area contributed by atoms with E-state index in [-0.39, 0.29) is 0 Å². The van der Waals surface area contributed by atoms with Crippen molar-refractivity contribution >= 4 is 23.2 Å². The topological polar surface area (TPSA) is 0 Å². The highest BCUT2D eigenvalue weighted by Gasteiger charge is 2.23. The van der Waals surface area contributed by atoms with Crippen LogP contribution in [0.5, 0.6) is 0 Å². The lowest BCUT2D eigenvalue weighted by Gasteiger charge is -2.21. The first-order valence-corrected chi connectivity index (χ1v) is 4.84. The van der Waals surface area contributed by atoms with E-state index in [2.05, 4.69) is 0 Å². The highest BCUT2D eigenvalue weighted by atomic mass is 35.5. The van der Waals surface area contributed by atoms with Crippen LogP contribution >= 0.6 is 23.2 Å². The summed E-state index contributed by atoms with van der Waals surface area (Å²) in [7, 11) is 0. The monoisotopic (exact) mass is 180 g/mol. The predicted octanol–water partition coefficient (Wildman–Crippen LogP) is 3.90. The van der Waals surface area contributed by atoms with Gasteiger partial charge in [-0.1, -0.05) is 32.1 Å². The van der Waals surface area contributed by atoms with Gasteiger partial charge in [-0.25, -0.2) is 0 Å². The second-order valence-corrected chi connectivity index (χ2v) is 4.76. The molecule has 1 rings (SSSR count). The molecule has 0 heterocycles. The third kappa shape index (κ3) is 3.12. The average Bonchev–Trinajstić information content (AvgIpc) is 1.81. The van der Waals surface area contributed by atoms with Crippen LogP contribution in [0.25, 0.3) is 0 Å². The number of halogens is 2. The molecule has 1 aliphatic rings. The Kier molecular flexibility index (Phi) is 3.32. The minimum absolute atomic E-state index is 0.402. The highest BCUT2D eigenvalue weighted by molar-refractivity contribution is 6.48. The van der Waals surface area contributed by atoms with Crippen LogP contribution < -0.4 is 0 Å². The molecular formula is C8H14Cl2. The summed E-state index contributed by atoms with van der Waals surface area (Å²) in [6, 6.07) is 0. The van der Waals surface area contributed by atoms with Gasteiger partial charge >= 0.3 is 0 Å². The molecule has 1 saturated carbocycles. The molecule has 10 heavy (non-hydrogen) atoms. The first-order chi connectivity index (χ1) is 4.71. The minimum atomic E-state index is -0.402. The maximum absolute atomic E-state index is 6.01. The van der Waals surface area contributed by atoms with Crippen molar-refractivity contribution in [3.8, 4) is 0 Å². The van der Waals surface area contributed by atoms with Crippen molar-refractivity contribution in [3.05, 3.63) is 0 Å². The maximum Gasteiger partial charge on any atom is 0.118 e. The van der Waals surface area contributed by atoms with Gasteiger partial charge in [0.15, 0.2) is 0 Å². The van der Waals surface area contributed by atoms with E-state index in [9.17, 15) is 0 Å². The van der Waals surface area contributed by atoms with Crippen molar-refractivity contribution in [3.63, 3.8) is 0 Å². The average molecular weight is 181 g/mol. The molecule has 0 N–H and O–H groups in total. The van der Waals surface area contributed by atoms with E-state index in [1.165, 1.54) is 32.1 Å². The van der Waals surface area contributed by atoms with Crippen LogP contribution in [-0.2, 0) is 0 Å². The molecular weight excluding hydrogens is 167 g/mol. The first kappa shape index (κ1) is 8.67. The molecule has 0 amide bonds. The van der Waals surface area contributed by atoms with Gasteiger partial charge in [-0.3, -0.25) is 0 Å². The van der Waals surface area contributed by atoms with Gasteiger partial charge in [0, 0.05) is 0 Å². The lowest BCUT2D eigenvalue weighted by molar-refractivity contribution is 0.484. The fourth-order valence-corrected chi connectivity index (χ4v) is 1.96. The molecule has 0 unspecified atom stereocenters. The Morgan fingerprint density at radius 2 is 1.10 bits per heavy atom. The second kappa shape index (κ2) is 3.82. The van der Waals surface area contributed by atoms with Gasteiger partial charge in [0.05, 0.1) is 0 Å². The molecule has 2 heteroatoms. The SMILES string of the molecule is ClC1(Cl)CCCCCCC1. The highest BCUT2D eigenvalue weighted by Crippen LogP contribution is 2.35. The summed E-state index contributed by atoms with van der Waals surface area (Å²) < 4.78 is -0.402. The Hall–Kier alpha value is 0.580. The van der Waals surface area contributed by atoms with E-state index in [4.69, 9.17) is 23.2 Å². The molecule has 0 radical (unpaired) electrons. The van der Waals surface area contributed by atoms with E-state index >= 15 is 0 Å². The van der Waals surface area contributed by atoms with Crippen LogP contribution in [0.4, 0.5) is 0 Å². The van der Waals surface area contributed by atoms with E-state index < -0.39 is 4.33 Å². The van der Waals surface area contributed by atoms with Gasteiger partial charge in [0.1, 0.15) is 4.33 Å². The summed E-state index contributed by atoms with van der Waals surface area (Å²) in [5.74, 6) is 0. The number of hydrogen-bond donors (Lipinski definition) is 0. The summed E-state index contributed by atoms with van der Waals surface area (Å²) in [5, 5.41) is 0. The van der Waals surface area contributed by atoms with Crippen molar-refractivity contribution in [2.24, 2.45) is 0 Å². The molecule has 0 saturated heterocycles. The smallest absolute Gasteiger partial charge is 0.102 e. The molecule has 60 valence electrons. The van der Waals surface area contributed by atoms with Gasteiger partial charge in [-0.15, -0.1) is 23.2 Å². The Bertz CT molecular complexity index is 89.4. The fraction of sp³-hybridized carbons (Fsp3) is 1.00.